The Morgan fingerprint density at radius 3 is 2.93 bits per heavy atom. The molecule has 0 saturated carbocycles. The maximum Gasteiger partial charge on any atom is 0.332 e. The fourth-order valence-corrected chi connectivity index (χ4v) is 0.645. The molecule has 0 aliphatic carbocycles. The van der Waals surface area contributed by atoms with Gasteiger partial charge in [0.1, 0.15) is 0 Å². The van der Waals surface area contributed by atoms with Crippen molar-refractivity contribution in [3.63, 3.8) is 0 Å². The summed E-state index contributed by atoms with van der Waals surface area (Å²) in [6, 6.07) is 1.91. The average Bonchev–Trinajstić information content (AvgIpc) is 2.17. The lowest BCUT2D eigenvalue weighted by molar-refractivity contribution is -0.164. The van der Waals surface area contributed by atoms with E-state index in [1.54, 1.807) is 0 Å². The Morgan fingerprint density at radius 1 is 1.64 bits per heavy atom. The van der Waals surface area contributed by atoms with Gasteiger partial charge in [-0.3, -0.25) is 0 Å². The molecular weight excluding hydrogens is 186 g/mol. The molecule has 0 aromatic carbocycles. The summed E-state index contributed by atoms with van der Waals surface area (Å²) in [5, 5.41) is 17.2. The molecule has 0 rings (SSSR count). The number of rotatable bonds is 7. The van der Waals surface area contributed by atoms with E-state index in [0.29, 0.717) is 13.0 Å². The number of ether oxygens (including phenoxy) is 2. The molecule has 1 atom stereocenters. The molecular formula is C9H13NO4. The van der Waals surface area contributed by atoms with Crippen molar-refractivity contribution in [3.8, 4) is 6.07 Å². The number of carbonyl (C=O) groups excluding carboxylic acids is 1. The molecule has 0 fully saturated rings. The number of esters is 1. The first-order valence-electron chi connectivity index (χ1n) is 4.16. The highest BCUT2D eigenvalue weighted by molar-refractivity contribution is 5.81. The van der Waals surface area contributed by atoms with Gasteiger partial charge in [0.15, 0.2) is 0 Å². The van der Waals surface area contributed by atoms with Crippen LogP contribution < -0.4 is 0 Å². The summed E-state index contributed by atoms with van der Waals surface area (Å²) >= 11 is 0. The third-order valence-electron chi connectivity index (χ3n) is 1.29. The molecule has 0 bridgehead atoms. The van der Waals surface area contributed by atoms with Crippen molar-refractivity contribution >= 4 is 5.97 Å². The van der Waals surface area contributed by atoms with Crippen molar-refractivity contribution in [2.45, 2.75) is 19.1 Å². The summed E-state index contributed by atoms with van der Waals surface area (Å²) in [4.78, 5) is 10.6. The number of hydrogen-bond donors (Lipinski definition) is 1. The van der Waals surface area contributed by atoms with Gasteiger partial charge < -0.3 is 14.6 Å². The second-order valence-electron chi connectivity index (χ2n) is 2.40. The number of nitriles is 1. The number of carbonyl (C=O) groups is 1. The van der Waals surface area contributed by atoms with Gasteiger partial charge in [-0.05, 0) is 0 Å². The van der Waals surface area contributed by atoms with Crippen LogP contribution >= 0.6 is 0 Å². The first kappa shape index (κ1) is 12.6. The van der Waals surface area contributed by atoms with Gasteiger partial charge in [0.2, 0.25) is 6.29 Å². The maximum absolute atomic E-state index is 10.6. The predicted molar refractivity (Wildman–Crippen MR) is 48.0 cm³/mol. The topological polar surface area (TPSA) is 79.6 Å². The molecule has 0 aromatic rings. The molecule has 0 aliphatic rings. The van der Waals surface area contributed by atoms with Crippen LogP contribution in [0.3, 0.4) is 0 Å². The highest BCUT2D eigenvalue weighted by Crippen LogP contribution is 1.96. The Hall–Kier alpha value is -1.38. The zero-order valence-electron chi connectivity index (χ0n) is 7.81. The Kier molecular flexibility index (Phi) is 7.42. The summed E-state index contributed by atoms with van der Waals surface area (Å²) in [5.41, 5.74) is 0. The molecule has 0 aromatic heterocycles. The van der Waals surface area contributed by atoms with Gasteiger partial charge in [-0.1, -0.05) is 6.58 Å². The largest absolute Gasteiger partial charge is 0.433 e. The third-order valence-corrected chi connectivity index (χ3v) is 1.29. The fourth-order valence-electron chi connectivity index (χ4n) is 0.645. The van der Waals surface area contributed by atoms with E-state index in [1.165, 1.54) is 0 Å². The minimum atomic E-state index is -1.18. The van der Waals surface area contributed by atoms with Crippen molar-refractivity contribution in [2.24, 2.45) is 0 Å². The van der Waals surface area contributed by atoms with Gasteiger partial charge in [0.25, 0.3) is 0 Å². The lowest BCUT2D eigenvalue weighted by Crippen LogP contribution is -2.18. The molecule has 0 spiro atoms. The molecule has 0 amide bonds. The summed E-state index contributed by atoms with van der Waals surface area (Å²) in [5.74, 6) is -0.672. The van der Waals surface area contributed by atoms with E-state index in [4.69, 9.17) is 15.1 Å². The van der Waals surface area contributed by atoms with Crippen molar-refractivity contribution in [2.75, 3.05) is 13.2 Å². The molecule has 0 saturated heterocycles. The van der Waals surface area contributed by atoms with Gasteiger partial charge in [0.05, 0.1) is 25.7 Å². The van der Waals surface area contributed by atoms with Gasteiger partial charge in [-0.25, -0.2) is 4.79 Å². The Balaban J connectivity index is 3.36. The second kappa shape index (κ2) is 8.23. The van der Waals surface area contributed by atoms with Crippen molar-refractivity contribution in [3.05, 3.63) is 12.7 Å². The third kappa shape index (κ3) is 7.28. The average molecular weight is 199 g/mol. The molecule has 5 heteroatoms. The second-order valence-corrected chi connectivity index (χ2v) is 2.40. The SMILES string of the molecule is C=CC(=O)OC(O)CCOCCC#N. The van der Waals surface area contributed by atoms with Crippen molar-refractivity contribution in [1.82, 2.24) is 0 Å². The van der Waals surface area contributed by atoms with E-state index in [9.17, 15) is 4.79 Å². The van der Waals surface area contributed by atoms with Crippen LogP contribution in [0.25, 0.3) is 0 Å². The first-order chi connectivity index (χ1) is 6.70. The van der Waals surface area contributed by atoms with E-state index >= 15 is 0 Å². The monoisotopic (exact) mass is 199 g/mol. The van der Waals surface area contributed by atoms with E-state index in [0.717, 1.165) is 6.08 Å². The van der Waals surface area contributed by atoms with Crippen LogP contribution in [-0.2, 0) is 14.3 Å². The highest BCUT2D eigenvalue weighted by Gasteiger charge is 2.07. The van der Waals surface area contributed by atoms with E-state index < -0.39 is 12.3 Å². The predicted octanol–water partition coefficient (Wildman–Crippen LogP) is 0.354. The van der Waals surface area contributed by atoms with Crippen LogP contribution in [0.2, 0.25) is 0 Å². The standard InChI is InChI=1S/C9H13NO4/c1-2-8(11)14-9(12)4-7-13-6-3-5-10/h2,9,12H,1,3-4,6-7H2. The van der Waals surface area contributed by atoms with Gasteiger partial charge >= 0.3 is 5.97 Å². The van der Waals surface area contributed by atoms with E-state index in [2.05, 4.69) is 11.3 Å². The molecule has 5 nitrogen and oxygen atoms in total. The van der Waals surface area contributed by atoms with E-state index in [-0.39, 0.29) is 13.0 Å². The molecule has 78 valence electrons. The summed E-state index contributed by atoms with van der Waals surface area (Å²) in [6.07, 6.45) is 0.287. The molecule has 0 aliphatic heterocycles. The van der Waals surface area contributed by atoms with Crippen LogP contribution in [0.4, 0.5) is 0 Å². The molecule has 14 heavy (non-hydrogen) atoms. The van der Waals surface area contributed by atoms with Crippen LogP contribution in [0.1, 0.15) is 12.8 Å². The van der Waals surface area contributed by atoms with Gasteiger partial charge in [0, 0.05) is 12.5 Å². The first-order valence-corrected chi connectivity index (χ1v) is 4.16. The van der Waals surface area contributed by atoms with Gasteiger partial charge in [-0.2, -0.15) is 5.26 Å². The molecule has 0 heterocycles. The zero-order chi connectivity index (χ0) is 10.8. The van der Waals surface area contributed by atoms with E-state index in [1.807, 2.05) is 6.07 Å². The van der Waals surface area contributed by atoms with Crippen LogP contribution in [0, 0.1) is 11.3 Å². The minimum Gasteiger partial charge on any atom is -0.433 e. The Labute approximate surface area is 82.5 Å². The maximum atomic E-state index is 10.6. The lowest BCUT2D eigenvalue weighted by atomic mass is 10.4. The Bertz CT molecular complexity index is 221. The minimum absolute atomic E-state index is 0.186. The quantitative estimate of drug-likeness (QED) is 0.277. The molecule has 1 unspecified atom stereocenters. The number of aliphatic hydroxyl groups is 1. The number of hydrogen-bond acceptors (Lipinski definition) is 5. The van der Waals surface area contributed by atoms with Crippen LogP contribution in [0.15, 0.2) is 12.7 Å². The zero-order valence-corrected chi connectivity index (χ0v) is 7.81. The Morgan fingerprint density at radius 2 is 2.36 bits per heavy atom. The smallest absolute Gasteiger partial charge is 0.332 e. The highest BCUT2D eigenvalue weighted by atomic mass is 16.6. The summed E-state index contributed by atoms with van der Waals surface area (Å²) in [7, 11) is 0. The summed E-state index contributed by atoms with van der Waals surface area (Å²) < 4.78 is 9.42. The normalized spacial score (nSPS) is 11.4. The lowest BCUT2D eigenvalue weighted by Gasteiger charge is -2.09. The molecule has 1 N–H and O–H groups in total. The van der Waals surface area contributed by atoms with Crippen LogP contribution in [0.5, 0.6) is 0 Å². The fraction of sp³-hybridized carbons (Fsp3) is 0.556. The number of aliphatic hydroxyl groups excluding tert-OH is 1. The van der Waals surface area contributed by atoms with Gasteiger partial charge in [-0.15, -0.1) is 0 Å². The number of nitrogens with zero attached hydrogens (tertiary/aromatic N) is 1. The van der Waals surface area contributed by atoms with Crippen LogP contribution in [-0.4, -0.2) is 30.6 Å². The van der Waals surface area contributed by atoms with Crippen molar-refractivity contribution in [1.29, 1.82) is 5.26 Å². The summed E-state index contributed by atoms with van der Waals surface area (Å²) in [6.45, 7) is 3.74. The molecule has 0 radical (unpaired) electrons. The van der Waals surface area contributed by atoms with Crippen molar-refractivity contribution < 1.29 is 19.4 Å².